The summed E-state index contributed by atoms with van der Waals surface area (Å²) < 4.78 is 5.60. The maximum atomic E-state index is 5.60. The van der Waals surface area contributed by atoms with Crippen molar-refractivity contribution >= 4 is 11.6 Å². The molecule has 2 heteroatoms. The minimum atomic E-state index is 0.486. The second kappa shape index (κ2) is 4.20. The molecule has 0 spiro atoms. The summed E-state index contributed by atoms with van der Waals surface area (Å²) in [5.41, 5.74) is 0. The third-order valence-electron chi connectivity index (χ3n) is 1.98. The van der Waals surface area contributed by atoms with Crippen LogP contribution in [0, 0.1) is 0 Å². The smallest absolute Gasteiger partial charge is 0.0580 e. The highest BCUT2D eigenvalue weighted by Gasteiger charge is 2.20. The van der Waals surface area contributed by atoms with Gasteiger partial charge in [-0.2, -0.15) is 0 Å². The molecule has 1 nitrogen and oxygen atoms in total. The van der Waals surface area contributed by atoms with Gasteiger partial charge in [-0.3, -0.25) is 0 Å². The van der Waals surface area contributed by atoms with E-state index in [2.05, 4.69) is 6.92 Å². The Kier molecular flexibility index (Phi) is 3.50. The molecule has 1 fully saturated rings. The van der Waals surface area contributed by atoms with E-state index in [1.54, 1.807) is 0 Å². The minimum Gasteiger partial charge on any atom is -0.375 e. The predicted octanol–water partition coefficient (Wildman–Crippen LogP) is 2.57. The molecular weight excluding hydrogens is 148 g/mol. The third kappa shape index (κ3) is 2.47. The predicted molar refractivity (Wildman–Crippen MR) is 43.5 cm³/mol. The first-order chi connectivity index (χ1) is 4.83. The van der Waals surface area contributed by atoms with Crippen LogP contribution in [-0.2, 0) is 4.74 Å². The van der Waals surface area contributed by atoms with Crippen molar-refractivity contribution in [3.8, 4) is 0 Å². The molecule has 0 bridgehead atoms. The van der Waals surface area contributed by atoms with Crippen LogP contribution in [0.5, 0.6) is 0 Å². The first-order valence-corrected chi connectivity index (χ1v) is 4.58. The maximum Gasteiger partial charge on any atom is 0.0580 e. The standard InChI is InChI=1S/C8H15ClO/c1-7-4-5-8(10-7)3-2-6-9/h7-8H,2-6H2,1H3. The normalized spacial score (nSPS) is 33.0. The Morgan fingerprint density at radius 3 is 2.80 bits per heavy atom. The Labute approximate surface area is 67.7 Å². The molecule has 0 N–H and O–H groups in total. The molecule has 0 aromatic rings. The van der Waals surface area contributed by atoms with Crippen LogP contribution in [0.25, 0.3) is 0 Å². The molecule has 1 rings (SSSR count). The number of hydrogen-bond acceptors (Lipinski definition) is 1. The summed E-state index contributed by atoms with van der Waals surface area (Å²) in [7, 11) is 0. The summed E-state index contributed by atoms with van der Waals surface area (Å²) in [4.78, 5) is 0. The van der Waals surface area contributed by atoms with Gasteiger partial charge in [0.05, 0.1) is 12.2 Å². The molecule has 0 saturated carbocycles. The van der Waals surface area contributed by atoms with Crippen LogP contribution in [0.4, 0.5) is 0 Å². The van der Waals surface area contributed by atoms with E-state index in [4.69, 9.17) is 16.3 Å². The highest BCUT2D eigenvalue weighted by atomic mass is 35.5. The van der Waals surface area contributed by atoms with Crippen molar-refractivity contribution in [1.82, 2.24) is 0 Å². The van der Waals surface area contributed by atoms with E-state index in [1.165, 1.54) is 12.8 Å². The topological polar surface area (TPSA) is 9.23 Å². The molecule has 10 heavy (non-hydrogen) atoms. The Balaban J connectivity index is 2.06. The van der Waals surface area contributed by atoms with Crippen molar-refractivity contribution in [3.05, 3.63) is 0 Å². The van der Waals surface area contributed by atoms with Gasteiger partial charge in [0, 0.05) is 5.88 Å². The maximum absolute atomic E-state index is 5.60. The molecule has 1 heterocycles. The Bertz CT molecular complexity index is 95.3. The fraction of sp³-hybridized carbons (Fsp3) is 1.00. The van der Waals surface area contributed by atoms with E-state index in [0.717, 1.165) is 18.7 Å². The summed E-state index contributed by atoms with van der Waals surface area (Å²) in [5.74, 6) is 0.772. The van der Waals surface area contributed by atoms with Gasteiger partial charge in [0.25, 0.3) is 0 Å². The van der Waals surface area contributed by atoms with Crippen LogP contribution in [0.3, 0.4) is 0 Å². The first kappa shape index (κ1) is 8.35. The van der Waals surface area contributed by atoms with Crippen LogP contribution in [0.1, 0.15) is 32.6 Å². The first-order valence-electron chi connectivity index (χ1n) is 4.04. The highest BCUT2D eigenvalue weighted by molar-refractivity contribution is 6.17. The number of halogens is 1. The second-order valence-electron chi connectivity index (χ2n) is 2.98. The van der Waals surface area contributed by atoms with E-state index in [1.807, 2.05) is 0 Å². The van der Waals surface area contributed by atoms with E-state index in [-0.39, 0.29) is 0 Å². The lowest BCUT2D eigenvalue weighted by Gasteiger charge is -2.08. The van der Waals surface area contributed by atoms with E-state index in [0.29, 0.717) is 12.2 Å². The van der Waals surface area contributed by atoms with Gasteiger partial charge in [0.1, 0.15) is 0 Å². The number of alkyl halides is 1. The van der Waals surface area contributed by atoms with Gasteiger partial charge in [-0.15, -0.1) is 11.6 Å². The van der Waals surface area contributed by atoms with Crippen LogP contribution in [0.15, 0.2) is 0 Å². The SMILES string of the molecule is CC1CCC(CCCCl)O1. The molecule has 0 aromatic carbocycles. The Morgan fingerprint density at radius 1 is 1.50 bits per heavy atom. The molecule has 60 valence electrons. The van der Waals surface area contributed by atoms with Crippen molar-refractivity contribution in [2.24, 2.45) is 0 Å². The summed E-state index contributed by atoms with van der Waals surface area (Å²) in [5, 5.41) is 0. The van der Waals surface area contributed by atoms with E-state index < -0.39 is 0 Å². The van der Waals surface area contributed by atoms with Crippen LogP contribution in [-0.4, -0.2) is 18.1 Å². The number of ether oxygens (including phenoxy) is 1. The Hall–Kier alpha value is 0.250. The van der Waals surface area contributed by atoms with Crippen molar-refractivity contribution in [2.45, 2.75) is 44.8 Å². The molecule has 1 saturated heterocycles. The van der Waals surface area contributed by atoms with Gasteiger partial charge in [0.15, 0.2) is 0 Å². The van der Waals surface area contributed by atoms with Gasteiger partial charge in [-0.1, -0.05) is 0 Å². The summed E-state index contributed by atoms with van der Waals surface area (Å²) >= 11 is 5.56. The zero-order valence-corrected chi connectivity index (χ0v) is 7.23. The summed E-state index contributed by atoms with van der Waals surface area (Å²) in [6.07, 6.45) is 5.70. The molecule has 0 radical (unpaired) electrons. The summed E-state index contributed by atoms with van der Waals surface area (Å²) in [6, 6.07) is 0. The van der Waals surface area contributed by atoms with Crippen LogP contribution in [0.2, 0.25) is 0 Å². The van der Waals surface area contributed by atoms with Crippen molar-refractivity contribution in [1.29, 1.82) is 0 Å². The van der Waals surface area contributed by atoms with Gasteiger partial charge < -0.3 is 4.74 Å². The largest absolute Gasteiger partial charge is 0.375 e. The lowest BCUT2D eigenvalue weighted by atomic mass is 10.1. The molecule has 2 unspecified atom stereocenters. The molecule has 1 aliphatic heterocycles. The van der Waals surface area contributed by atoms with Gasteiger partial charge in [-0.05, 0) is 32.6 Å². The average Bonchev–Trinajstić information content (AvgIpc) is 2.31. The lowest BCUT2D eigenvalue weighted by Crippen LogP contribution is -2.07. The van der Waals surface area contributed by atoms with Crippen molar-refractivity contribution in [3.63, 3.8) is 0 Å². The van der Waals surface area contributed by atoms with Crippen molar-refractivity contribution < 1.29 is 4.74 Å². The fourth-order valence-corrected chi connectivity index (χ4v) is 1.56. The molecule has 0 amide bonds. The lowest BCUT2D eigenvalue weighted by molar-refractivity contribution is 0.0507. The zero-order chi connectivity index (χ0) is 7.40. The molecular formula is C8H15ClO. The monoisotopic (exact) mass is 162 g/mol. The number of hydrogen-bond donors (Lipinski definition) is 0. The quantitative estimate of drug-likeness (QED) is 0.580. The minimum absolute atomic E-state index is 0.486. The van der Waals surface area contributed by atoms with Gasteiger partial charge in [0.2, 0.25) is 0 Å². The van der Waals surface area contributed by atoms with Gasteiger partial charge >= 0.3 is 0 Å². The molecule has 0 aromatic heterocycles. The van der Waals surface area contributed by atoms with Crippen LogP contribution >= 0.6 is 11.6 Å². The zero-order valence-electron chi connectivity index (χ0n) is 6.48. The highest BCUT2D eigenvalue weighted by Crippen LogP contribution is 2.22. The molecule has 1 aliphatic rings. The molecule has 0 aliphatic carbocycles. The van der Waals surface area contributed by atoms with E-state index in [9.17, 15) is 0 Å². The number of rotatable bonds is 3. The molecule has 2 atom stereocenters. The third-order valence-corrected chi connectivity index (χ3v) is 2.25. The van der Waals surface area contributed by atoms with E-state index >= 15 is 0 Å². The second-order valence-corrected chi connectivity index (χ2v) is 3.36. The average molecular weight is 163 g/mol. The van der Waals surface area contributed by atoms with Crippen LogP contribution < -0.4 is 0 Å². The summed E-state index contributed by atoms with van der Waals surface area (Å²) in [6.45, 7) is 2.14. The van der Waals surface area contributed by atoms with Crippen molar-refractivity contribution in [2.75, 3.05) is 5.88 Å². The van der Waals surface area contributed by atoms with Gasteiger partial charge in [-0.25, -0.2) is 0 Å². The fourth-order valence-electron chi connectivity index (χ4n) is 1.40. The Morgan fingerprint density at radius 2 is 2.30 bits per heavy atom.